The minimum absolute atomic E-state index is 0.0308. The highest BCUT2D eigenvalue weighted by atomic mass is 19.1. The maximum absolute atomic E-state index is 14.7. The molecule has 1 saturated heterocycles. The van der Waals surface area contributed by atoms with Crippen LogP contribution in [0.1, 0.15) is 42.8 Å². The third-order valence-corrected chi connectivity index (χ3v) is 5.47. The molecule has 0 radical (unpaired) electrons. The molecule has 33 heavy (non-hydrogen) atoms. The fourth-order valence-electron chi connectivity index (χ4n) is 3.92. The SMILES string of the molecule is CC(C)(C)OC(=O)N1CC(C(O)c2cn(-c3ccc(F)cc3C(=O)O)c3c(F)nccc23)C1. The lowest BCUT2D eigenvalue weighted by Gasteiger charge is -2.41. The topological polar surface area (TPSA) is 105 Å². The van der Waals surface area contributed by atoms with E-state index in [1.165, 1.54) is 34.0 Å². The Morgan fingerprint density at radius 1 is 1.21 bits per heavy atom. The van der Waals surface area contributed by atoms with Gasteiger partial charge in [-0.25, -0.2) is 19.0 Å². The Kier molecular flexibility index (Phi) is 5.57. The van der Waals surface area contributed by atoms with E-state index in [0.29, 0.717) is 10.9 Å². The molecule has 174 valence electrons. The van der Waals surface area contributed by atoms with E-state index in [9.17, 15) is 28.6 Å². The first-order chi connectivity index (χ1) is 15.5. The van der Waals surface area contributed by atoms with E-state index in [1.807, 2.05) is 0 Å². The largest absolute Gasteiger partial charge is 0.478 e. The van der Waals surface area contributed by atoms with Crippen molar-refractivity contribution in [3.05, 3.63) is 59.6 Å². The third kappa shape index (κ3) is 4.25. The summed E-state index contributed by atoms with van der Waals surface area (Å²) in [6.07, 6.45) is 1.12. The smallest absolute Gasteiger partial charge is 0.410 e. The van der Waals surface area contributed by atoms with Gasteiger partial charge in [-0.1, -0.05) is 0 Å². The number of aliphatic hydroxyl groups is 1. The summed E-state index contributed by atoms with van der Waals surface area (Å²) >= 11 is 0. The molecule has 1 fully saturated rings. The number of carboxylic acids is 1. The molecular formula is C23H23F2N3O5. The molecular weight excluding hydrogens is 436 g/mol. The first-order valence-electron chi connectivity index (χ1n) is 10.3. The number of fused-ring (bicyclic) bond motifs is 1. The number of benzene rings is 1. The Bertz CT molecular complexity index is 1240. The minimum Gasteiger partial charge on any atom is -0.478 e. The van der Waals surface area contributed by atoms with Gasteiger partial charge >= 0.3 is 12.1 Å². The minimum atomic E-state index is -1.38. The highest BCUT2D eigenvalue weighted by Gasteiger charge is 2.39. The van der Waals surface area contributed by atoms with Crippen LogP contribution in [-0.4, -0.2) is 55.4 Å². The van der Waals surface area contributed by atoms with Crippen molar-refractivity contribution in [2.45, 2.75) is 32.5 Å². The second-order valence-corrected chi connectivity index (χ2v) is 9.01. The summed E-state index contributed by atoms with van der Waals surface area (Å²) in [5.41, 5.74) is -0.667. The second-order valence-electron chi connectivity index (χ2n) is 9.01. The van der Waals surface area contributed by atoms with E-state index in [1.54, 1.807) is 20.8 Å². The molecule has 8 nitrogen and oxygen atoms in total. The summed E-state index contributed by atoms with van der Waals surface area (Å²) in [6.45, 7) is 5.76. The fourth-order valence-corrected chi connectivity index (χ4v) is 3.92. The molecule has 0 spiro atoms. The van der Waals surface area contributed by atoms with Gasteiger partial charge in [0.2, 0.25) is 5.95 Å². The number of amides is 1. The van der Waals surface area contributed by atoms with Crippen molar-refractivity contribution in [3.63, 3.8) is 0 Å². The van der Waals surface area contributed by atoms with Gasteiger partial charge in [-0.05, 0) is 45.0 Å². The first kappa shape index (κ1) is 22.7. The average Bonchev–Trinajstić information content (AvgIpc) is 3.06. The number of pyridine rings is 1. The molecule has 1 unspecified atom stereocenters. The quantitative estimate of drug-likeness (QED) is 0.574. The summed E-state index contributed by atoms with van der Waals surface area (Å²) in [5, 5.41) is 20.9. The number of hydrogen-bond donors (Lipinski definition) is 2. The monoisotopic (exact) mass is 459 g/mol. The number of halogens is 2. The predicted octanol–water partition coefficient (Wildman–Crippen LogP) is 3.90. The van der Waals surface area contributed by atoms with Crippen LogP contribution < -0.4 is 0 Å². The van der Waals surface area contributed by atoms with Crippen molar-refractivity contribution in [1.82, 2.24) is 14.5 Å². The normalized spacial score (nSPS) is 15.4. The lowest BCUT2D eigenvalue weighted by atomic mass is 9.89. The number of carboxylic acid groups (broad SMARTS) is 1. The van der Waals surface area contributed by atoms with Gasteiger partial charge in [0.25, 0.3) is 0 Å². The molecule has 0 saturated carbocycles. The number of aromatic nitrogens is 2. The zero-order valence-electron chi connectivity index (χ0n) is 18.2. The van der Waals surface area contributed by atoms with Crippen LogP contribution in [0, 0.1) is 17.7 Å². The lowest BCUT2D eigenvalue weighted by Crippen LogP contribution is -2.53. The van der Waals surface area contributed by atoms with E-state index in [4.69, 9.17) is 4.74 Å². The zero-order valence-corrected chi connectivity index (χ0v) is 18.2. The third-order valence-electron chi connectivity index (χ3n) is 5.47. The van der Waals surface area contributed by atoms with Gasteiger partial charge in [-0.15, -0.1) is 0 Å². The van der Waals surface area contributed by atoms with Crippen molar-refractivity contribution < 1.29 is 33.3 Å². The Morgan fingerprint density at radius 3 is 2.55 bits per heavy atom. The summed E-state index contributed by atoms with van der Waals surface area (Å²) < 4.78 is 35.0. The van der Waals surface area contributed by atoms with E-state index >= 15 is 0 Å². The molecule has 3 aromatic rings. The molecule has 2 aromatic heterocycles. The Balaban J connectivity index is 1.70. The van der Waals surface area contributed by atoms with Gasteiger partial charge in [0, 0.05) is 42.4 Å². The van der Waals surface area contributed by atoms with E-state index < -0.39 is 35.5 Å². The molecule has 1 amide bonds. The van der Waals surface area contributed by atoms with Gasteiger partial charge in [0.1, 0.15) is 16.9 Å². The van der Waals surface area contributed by atoms with Crippen LogP contribution in [0.4, 0.5) is 13.6 Å². The van der Waals surface area contributed by atoms with Crippen molar-refractivity contribution in [2.24, 2.45) is 5.92 Å². The molecule has 1 aromatic carbocycles. The number of aromatic carboxylic acids is 1. The number of carbonyl (C=O) groups excluding carboxylic acids is 1. The number of aliphatic hydroxyl groups excluding tert-OH is 1. The van der Waals surface area contributed by atoms with Crippen LogP contribution in [0.15, 0.2) is 36.7 Å². The van der Waals surface area contributed by atoms with Crippen molar-refractivity contribution in [2.75, 3.05) is 13.1 Å². The van der Waals surface area contributed by atoms with Crippen LogP contribution in [0.3, 0.4) is 0 Å². The summed E-state index contributed by atoms with van der Waals surface area (Å²) in [5.74, 6) is -3.33. The van der Waals surface area contributed by atoms with Gasteiger partial charge < -0.3 is 24.4 Å². The van der Waals surface area contributed by atoms with Gasteiger partial charge in [0.15, 0.2) is 0 Å². The van der Waals surface area contributed by atoms with Gasteiger partial charge in [-0.3, -0.25) is 0 Å². The molecule has 4 rings (SSSR count). The summed E-state index contributed by atoms with van der Waals surface area (Å²) in [7, 11) is 0. The Labute approximate surface area is 188 Å². The van der Waals surface area contributed by atoms with Crippen molar-refractivity contribution >= 4 is 23.0 Å². The maximum atomic E-state index is 14.7. The lowest BCUT2D eigenvalue weighted by molar-refractivity contribution is -0.0311. The van der Waals surface area contributed by atoms with Crippen LogP contribution in [0.25, 0.3) is 16.6 Å². The molecule has 1 aliphatic heterocycles. The second kappa shape index (κ2) is 8.11. The number of nitrogens with zero attached hydrogens (tertiary/aromatic N) is 3. The highest BCUT2D eigenvalue weighted by molar-refractivity contribution is 5.94. The summed E-state index contributed by atoms with van der Waals surface area (Å²) in [4.78, 5) is 29.0. The molecule has 3 heterocycles. The Hall–Kier alpha value is -3.53. The summed E-state index contributed by atoms with van der Waals surface area (Å²) in [6, 6.07) is 4.66. The maximum Gasteiger partial charge on any atom is 0.410 e. The van der Waals surface area contributed by atoms with Gasteiger partial charge in [-0.2, -0.15) is 4.39 Å². The van der Waals surface area contributed by atoms with E-state index in [0.717, 1.165) is 12.1 Å². The van der Waals surface area contributed by atoms with E-state index in [-0.39, 0.29) is 35.8 Å². The zero-order chi connectivity index (χ0) is 24.1. The van der Waals surface area contributed by atoms with Crippen LogP contribution in [-0.2, 0) is 4.74 Å². The molecule has 1 aliphatic rings. The molecule has 0 aliphatic carbocycles. The Morgan fingerprint density at radius 2 is 1.91 bits per heavy atom. The predicted molar refractivity (Wildman–Crippen MR) is 114 cm³/mol. The molecule has 1 atom stereocenters. The number of carbonyl (C=O) groups is 2. The molecule has 0 bridgehead atoms. The van der Waals surface area contributed by atoms with Crippen molar-refractivity contribution in [1.29, 1.82) is 0 Å². The standard InChI is InChI=1S/C23H23F2N3O5/c1-23(2,3)33-22(32)27-9-12(10-27)19(29)16-11-28(18-14(16)6-7-26-20(18)25)17-5-4-13(24)8-15(17)21(30)31/h4-8,11-12,19,29H,9-10H2,1-3H3,(H,30,31). The average molecular weight is 459 g/mol. The number of hydrogen-bond acceptors (Lipinski definition) is 5. The van der Waals surface area contributed by atoms with Crippen LogP contribution in [0.2, 0.25) is 0 Å². The van der Waals surface area contributed by atoms with Gasteiger partial charge in [0.05, 0.1) is 17.4 Å². The van der Waals surface area contributed by atoms with Crippen LogP contribution in [0.5, 0.6) is 0 Å². The van der Waals surface area contributed by atoms with Crippen molar-refractivity contribution in [3.8, 4) is 5.69 Å². The number of rotatable bonds is 4. The van der Waals surface area contributed by atoms with E-state index in [2.05, 4.69) is 4.98 Å². The first-order valence-corrected chi connectivity index (χ1v) is 10.3. The fraction of sp³-hybridized carbons (Fsp3) is 0.348. The molecule has 10 heteroatoms. The number of likely N-dealkylation sites (tertiary alicyclic amines) is 1. The molecule has 2 N–H and O–H groups in total. The van der Waals surface area contributed by atoms with Crippen LogP contribution >= 0.6 is 0 Å². The highest BCUT2D eigenvalue weighted by Crippen LogP contribution is 2.37. The number of ether oxygens (including phenoxy) is 1.